The summed E-state index contributed by atoms with van der Waals surface area (Å²) >= 11 is 5.76. The number of hydrogen-bond acceptors (Lipinski definition) is 5. The SMILES string of the molecule is Cc1nc(Cl)nc(N2C(=O)OC[C@@H]2C(C)C)n1. The normalized spacial score (nSPS) is 19.9. The number of carbonyl (C=O) groups is 1. The van der Waals surface area contributed by atoms with Gasteiger partial charge in [-0.1, -0.05) is 13.8 Å². The zero-order chi connectivity index (χ0) is 12.6. The van der Waals surface area contributed by atoms with Crippen molar-refractivity contribution in [2.75, 3.05) is 11.5 Å². The first-order chi connectivity index (χ1) is 7.99. The molecule has 1 amide bonds. The Morgan fingerprint density at radius 3 is 2.71 bits per heavy atom. The zero-order valence-electron chi connectivity index (χ0n) is 9.85. The van der Waals surface area contributed by atoms with Crippen LogP contribution in [0.25, 0.3) is 0 Å². The largest absolute Gasteiger partial charge is 0.447 e. The monoisotopic (exact) mass is 256 g/mol. The van der Waals surface area contributed by atoms with Gasteiger partial charge in [0.25, 0.3) is 0 Å². The average molecular weight is 257 g/mol. The summed E-state index contributed by atoms with van der Waals surface area (Å²) < 4.78 is 5.02. The molecular weight excluding hydrogens is 244 g/mol. The molecule has 0 N–H and O–H groups in total. The van der Waals surface area contributed by atoms with Gasteiger partial charge in [0.15, 0.2) is 0 Å². The maximum absolute atomic E-state index is 11.7. The Labute approximate surface area is 104 Å². The fourth-order valence-electron chi connectivity index (χ4n) is 1.70. The number of hydrogen-bond donors (Lipinski definition) is 0. The van der Waals surface area contributed by atoms with Gasteiger partial charge in [-0.3, -0.25) is 0 Å². The number of cyclic esters (lactones) is 1. The van der Waals surface area contributed by atoms with Crippen molar-refractivity contribution in [2.24, 2.45) is 5.92 Å². The number of anilines is 1. The molecule has 1 saturated heterocycles. The summed E-state index contributed by atoms with van der Waals surface area (Å²) in [6.07, 6.45) is -0.439. The lowest BCUT2D eigenvalue weighted by atomic mass is 10.1. The van der Waals surface area contributed by atoms with Crippen LogP contribution in [0, 0.1) is 12.8 Å². The predicted octanol–water partition coefficient (Wildman–Crippen LogP) is 1.81. The van der Waals surface area contributed by atoms with E-state index in [0.717, 1.165) is 0 Å². The molecular formula is C10H13ClN4O2. The lowest BCUT2D eigenvalue weighted by Crippen LogP contribution is -2.38. The summed E-state index contributed by atoms with van der Waals surface area (Å²) in [6.45, 7) is 6.06. The molecule has 0 unspecified atom stereocenters. The van der Waals surface area contributed by atoms with Crippen LogP contribution in [0.2, 0.25) is 5.28 Å². The summed E-state index contributed by atoms with van der Waals surface area (Å²) in [5.41, 5.74) is 0. The van der Waals surface area contributed by atoms with Crippen molar-refractivity contribution < 1.29 is 9.53 Å². The van der Waals surface area contributed by atoms with Gasteiger partial charge in [-0.25, -0.2) is 14.7 Å². The zero-order valence-corrected chi connectivity index (χ0v) is 10.6. The van der Waals surface area contributed by atoms with Crippen molar-refractivity contribution in [3.63, 3.8) is 0 Å². The summed E-state index contributed by atoms with van der Waals surface area (Å²) in [7, 11) is 0. The highest BCUT2D eigenvalue weighted by molar-refractivity contribution is 6.28. The maximum atomic E-state index is 11.7. The fourth-order valence-corrected chi connectivity index (χ4v) is 1.90. The van der Waals surface area contributed by atoms with Crippen LogP contribution in [0.4, 0.5) is 10.7 Å². The molecule has 1 aliphatic heterocycles. The molecule has 2 rings (SSSR count). The molecule has 0 radical (unpaired) electrons. The number of amides is 1. The number of aryl methyl sites for hydroxylation is 1. The maximum Gasteiger partial charge on any atom is 0.417 e. The van der Waals surface area contributed by atoms with Crippen LogP contribution in [0.3, 0.4) is 0 Å². The van der Waals surface area contributed by atoms with Gasteiger partial charge in [-0.2, -0.15) is 9.97 Å². The van der Waals surface area contributed by atoms with Gasteiger partial charge in [-0.15, -0.1) is 0 Å². The van der Waals surface area contributed by atoms with Crippen molar-refractivity contribution in [1.29, 1.82) is 0 Å². The standard InChI is InChI=1S/C10H13ClN4O2/c1-5(2)7-4-17-10(16)15(7)9-13-6(3)12-8(11)14-9/h5,7H,4H2,1-3H3/t7-/m1/s1. The first kappa shape index (κ1) is 12.0. The van der Waals surface area contributed by atoms with Crippen LogP contribution in [-0.2, 0) is 4.74 Å². The van der Waals surface area contributed by atoms with Crippen LogP contribution < -0.4 is 4.90 Å². The molecule has 1 atom stereocenters. The van der Waals surface area contributed by atoms with Crippen LogP contribution in [0.5, 0.6) is 0 Å². The van der Waals surface area contributed by atoms with E-state index in [4.69, 9.17) is 16.3 Å². The average Bonchev–Trinajstić information content (AvgIpc) is 2.58. The van der Waals surface area contributed by atoms with Crippen molar-refractivity contribution in [3.05, 3.63) is 11.1 Å². The van der Waals surface area contributed by atoms with E-state index in [2.05, 4.69) is 15.0 Å². The van der Waals surface area contributed by atoms with Gasteiger partial charge in [-0.05, 0) is 24.4 Å². The predicted molar refractivity (Wildman–Crippen MR) is 62.0 cm³/mol. The number of carbonyl (C=O) groups excluding carboxylic acids is 1. The van der Waals surface area contributed by atoms with E-state index in [0.29, 0.717) is 12.4 Å². The molecule has 0 aliphatic carbocycles. The Kier molecular flexibility index (Phi) is 3.15. The van der Waals surface area contributed by atoms with Crippen LogP contribution in [0.15, 0.2) is 0 Å². The van der Waals surface area contributed by atoms with Gasteiger partial charge in [0.05, 0.1) is 6.04 Å². The van der Waals surface area contributed by atoms with E-state index in [1.807, 2.05) is 13.8 Å². The molecule has 92 valence electrons. The molecule has 2 heterocycles. The summed E-state index contributed by atoms with van der Waals surface area (Å²) in [5.74, 6) is 0.975. The summed E-state index contributed by atoms with van der Waals surface area (Å²) in [4.78, 5) is 25.1. The third-order valence-electron chi connectivity index (χ3n) is 2.60. The molecule has 1 fully saturated rings. The molecule has 0 spiro atoms. The van der Waals surface area contributed by atoms with Gasteiger partial charge in [0, 0.05) is 0 Å². The van der Waals surface area contributed by atoms with Gasteiger partial charge < -0.3 is 4.74 Å². The number of aromatic nitrogens is 3. The number of ether oxygens (including phenoxy) is 1. The van der Waals surface area contributed by atoms with Crippen LogP contribution >= 0.6 is 11.6 Å². The van der Waals surface area contributed by atoms with E-state index in [-0.39, 0.29) is 23.2 Å². The Balaban J connectivity index is 2.39. The molecule has 1 aromatic rings. The molecule has 0 bridgehead atoms. The Morgan fingerprint density at radius 1 is 1.41 bits per heavy atom. The molecule has 17 heavy (non-hydrogen) atoms. The van der Waals surface area contributed by atoms with E-state index in [9.17, 15) is 4.79 Å². The van der Waals surface area contributed by atoms with Crippen molar-refractivity contribution in [3.8, 4) is 0 Å². The number of halogens is 1. The smallest absolute Gasteiger partial charge is 0.417 e. The third-order valence-corrected chi connectivity index (χ3v) is 2.77. The quantitative estimate of drug-likeness (QED) is 0.807. The first-order valence-electron chi connectivity index (χ1n) is 5.33. The molecule has 1 aromatic heterocycles. The highest BCUT2D eigenvalue weighted by Gasteiger charge is 2.38. The Hall–Kier alpha value is -1.43. The van der Waals surface area contributed by atoms with E-state index < -0.39 is 6.09 Å². The van der Waals surface area contributed by atoms with Gasteiger partial charge >= 0.3 is 6.09 Å². The minimum atomic E-state index is -0.439. The van der Waals surface area contributed by atoms with E-state index in [1.165, 1.54) is 4.90 Å². The third kappa shape index (κ3) is 2.31. The molecule has 0 aromatic carbocycles. The lowest BCUT2D eigenvalue weighted by molar-refractivity contribution is 0.177. The second kappa shape index (κ2) is 4.44. The topological polar surface area (TPSA) is 68.2 Å². The first-order valence-corrected chi connectivity index (χ1v) is 5.71. The van der Waals surface area contributed by atoms with Crippen LogP contribution in [0.1, 0.15) is 19.7 Å². The second-order valence-corrected chi connectivity index (χ2v) is 4.55. The van der Waals surface area contributed by atoms with Gasteiger partial charge in [0.1, 0.15) is 12.4 Å². The highest BCUT2D eigenvalue weighted by Crippen LogP contribution is 2.24. The Bertz CT molecular complexity index is 432. The van der Waals surface area contributed by atoms with Gasteiger partial charge in [0.2, 0.25) is 11.2 Å². The lowest BCUT2D eigenvalue weighted by Gasteiger charge is -2.22. The van der Waals surface area contributed by atoms with Crippen molar-refractivity contribution in [1.82, 2.24) is 15.0 Å². The van der Waals surface area contributed by atoms with Crippen molar-refractivity contribution >= 4 is 23.6 Å². The second-order valence-electron chi connectivity index (χ2n) is 4.21. The molecule has 1 aliphatic rings. The highest BCUT2D eigenvalue weighted by atomic mass is 35.5. The molecule has 6 nitrogen and oxygen atoms in total. The summed E-state index contributed by atoms with van der Waals surface area (Å²) in [6, 6.07) is -0.0691. The minimum absolute atomic E-state index is 0.0691. The Morgan fingerprint density at radius 2 is 2.12 bits per heavy atom. The summed E-state index contributed by atoms with van der Waals surface area (Å²) in [5, 5.41) is 0.0784. The number of rotatable bonds is 2. The molecule has 0 saturated carbocycles. The van der Waals surface area contributed by atoms with Crippen LogP contribution in [-0.4, -0.2) is 33.7 Å². The van der Waals surface area contributed by atoms with Crippen molar-refractivity contribution in [2.45, 2.75) is 26.8 Å². The minimum Gasteiger partial charge on any atom is -0.447 e. The number of nitrogens with zero attached hydrogens (tertiary/aromatic N) is 4. The van der Waals surface area contributed by atoms with E-state index >= 15 is 0 Å². The molecule has 7 heteroatoms. The van der Waals surface area contributed by atoms with E-state index in [1.54, 1.807) is 6.92 Å². The fraction of sp³-hybridized carbons (Fsp3) is 0.600.